The van der Waals surface area contributed by atoms with Crippen molar-refractivity contribution in [2.24, 2.45) is 0 Å². The fourth-order valence-corrected chi connectivity index (χ4v) is 2.11. The van der Waals surface area contributed by atoms with E-state index in [2.05, 4.69) is 0 Å². The van der Waals surface area contributed by atoms with Gasteiger partial charge >= 0.3 is 6.18 Å². The van der Waals surface area contributed by atoms with E-state index in [1.807, 2.05) is 18.4 Å². The number of thioether (sulfide) groups is 1. The summed E-state index contributed by atoms with van der Waals surface area (Å²) in [6, 6.07) is 11.8. The average Bonchev–Trinajstić information content (AvgIpc) is 2.46. The molecule has 0 saturated carbocycles. The van der Waals surface area contributed by atoms with Gasteiger partial charge in [-0.25, -0.2) is 0 Å². The van der Waals surface area contributed by atoms with Crippen LogP contribution in [0.1, 0.15) is 11.1 Å². The molecule has 2 rings (SSSR count). The van der Waals surface area contributed by atoms with Gasteiger partial charge in [0.05, 0.1) is 17.2 Å². The number of hydrogen-bond acceptors (Lipinski definition) is 3. The second-order valence-electron chi connectivity index (χ2n) is 4.09. The zero-order valence-electron chi connectivity index (χ0n) is 10.9. The fraction of sp³-hybridized carbons (Fsp3) is 0.133. The highest BCUT2D eigenvalue weighted by atomic mass is 32.2. The van der Waals surface area contributed by atoms with E-state index in [1.165, 1.54) is 6.07 Å². The van der Waals surface area contributed by atoms with Gasteiger partial charge in [-0.05, 0) is 48.7 Å². The van der Waals surface area contributed by atoms with Crippen molar-refractivity contribution in [2.45, 2.75) is 11.1 Å². The van der Waals surface area contributed by atoms with Gasteiger partial charge in [0.1, 0.15) is 11.5 Å². The molecule has 21 heavy (non-hydrogen) atoms. The third kappa shape index (κ3) is 3.70. The Kier molecular flexibility index (Phi) is 4.43. The SMILES string of the molecule is CSc1ccc(Oc2ccc(C(F)(F)F)c(C#N)c2)cc1. The average molecular weight is 309 g/mol. The second-order valence-corrected chi connectivity index (χ2v) is 4.97. The quantitative estimate of drug-likeness (QED) is 0.740. The minimum atomic E-state index is -4.55. The summed E-state index contributed by atoms with van der Waals surface area (Å²) in [5, 5.41) is 8.83. The maximum absolute atomic E-state index is 12.7. The Labute approximate surface area is 124 Å². The topological polar surface area (TPSA) is 33.0 Å². The minimum Gasteiger partial charge on any atom is -0.457 e. The Morgan fingerprint density at radius 2 is 1.67 bits per heavy atom. The van der Waals surface area contributed by atoms with Gasteiger partial charge in [-0.2, -0.15) is 18.4 Å². The van der Waals surface area contributed by atoms with Crippen LogP contribution >= 0.6 is 11.8 Å². The fourth-order valence-electron chi connectivity index (χ4n) is 1.71. The predicted molar refractivity (Wildman–Crippen MR) is 74.5 cm³/mol. The molecule has 0 aliphatic heterocycles. The summed E-state index contributed by atoms with van der Waals surface area (Å²) in [5.74, 6) is 0.688. The van der Waals surface area contributed by atoms with Crippen LogP contribution < -0.4 is 4.74 Å². The van der Waals surface area contributed by atoms with Crippen molar-refractivity contribution in [2.75, 3.05) is 6.26 Å². The van der Waals surface area contributed by atoms with E-state index in [0.29, 0.717) is 5.75 Å². The largest absolute Gasteiger partial charge is 0.457 e. The second kappa shape index (κ2) is 6.10. The van der Waals surface area contributed by atoms with E-state index in [1.54, 1.807) is 30.0 Å². The van der Waals surface area contributed by atoms with Crippen LogP contribution in [-0.2, 0) is 6.18 Å². The monoisotopic (exact) mass is 309 g/mol. The van der Waals surface area contributed by atoms with Gasteiger partial charge in [0.15, 0.2) is 0 Å². The molecule has 0 atom stereocenters. The van der Waals surface area contributed by atoms with Crippen LogP contribution in [0.3, 0.4) is 0 Å². The van der Waals surface area contributed by atoms with E-state index in [0.717, 1.165) is 17.0 Å². The summed E-state index contributed by atoms with van der Waals surface area (Å²) >= 11 is 1.57. The molecule has 0 heterocycles. The Morgan fingerprint density at radius 3 is 2.19 bits per heavy atom. The lowest BCUT2D eigenvalue weighted by atomic mass is 10.1. The highest BCUT2D eigenvalue weighted by Crippen LogP contribution is 2.34. The van der Waals surface area contributed by atoms with Crippen molar-refractivity contribution >= 4 is 11.8 Å². The molecule has 0 radical (unpaired) electrons. The molecule has 0 N–H and O–H groups in total. The van der Waals surface area contributed by atoms with Crippen LogP contribution in [0, 0.1) is 11.3 Å². The number of halogens is 3. The summed E-state index contributed by atoms with van der Waals surface area (Å²) in [6.45, 7) is 0. The molecule has 0 aliphatic rings. The maximum atomic E-state index is 12.7. The van der Waals surface area contributed by atoms with E-state index in [-0.39, 0.29) is 5.75 Å². The number of alkyl halides is 3. The van der Waals surface area contributed by atoms with E-state index in [4.69, 9.17) is 10.00 Å². The van der Waals surface area contributed by atoms with Crippen LogP contribution in [0.25, 0.3) is 0 Å². The number of rotatable bonds is 3. The summed E-state index contributed by atoms with van der Waals surface area (Å²) in [6.07, 6.45) is -2.62. The Hall–Kier alpha value is -2.13. The van der Waals surface area contributed by atoms with Crippen LogP contribution in [0.5, 0.6) is 11.5 Å². The molecule has 0 saturated heterocycles. The zero-order valence-corrected chi connectivity index (χ0v) is 11.8. The molecule has 2 nitrogen and oxygen atoms in total. The summed E-state index contributed by atoms with van der Waals surface area (Å²) < 4.78 is 43.5. The van der Waals surface area contributed by atoms with Gasteiger partial charge in [0.25, 0.3) is 0 Å². The molecule has 0 amide bonds. The Balaban J connectivity index is 2.27. The van der Waals surface area contributed by atoms with Gasteiger partial charge < -0.3 is 4.74 Å². The number of benzene rings is 2. The number of hydrogen-bond donors (Lipinski definition) is 0. The molecule has 6 heteroatoms. The normalized spacial score (nSPS) is 11.0. The highest BCUT2D eigenvalue weighted by molar-refractivity contribution is 7.98. The smallest absolute Gasteiger partial charge is 0.417 e. The lowest BCUT2D eigenvalue weighted by Gasteiger charge is -2.11. The van der Waals surface area contributed by atoms with E-state index < -0.39 is 17.3 Å². The van der Waals surface area contributed by atoms with Crippen molar-refractivity contribution in [3.63, 3.8) is 0 Å². The zero-order chi connectivity index (χ0) is 15.5. The van der Waals surface area contributed by atoms with Crippen molar-refractivity contribution in [3.05, 3.63) is 53.6 Å². The molecule has 2 aromatic rings. The van der Waals surface area contributed by atoms with E-state index in [9.17, 15) is 13.2 Å². The third-order valence-electron chi connectivity index (χ3n) is 2.71. The Bertz CT molecular complexity index is 675. The number of nitriles is 1. The summed E-state index contributed by atoms with van der Waals surface area (Å²) in [4.78, 5) is 1.05. The van der Waals surface area contributed by atoms with Crippen molar-refractivity contribution in [3.8, 4) is 17.6 Å². The molecule has 0 spiro atoms. The van der Waals surface area contributed by atoms with Crippen LogP contribution in [0.2, 0.25) is 0 Å². The van der Waals surface area contributed by atoms with Gasteiger partial charge in [-0.15, -0.1) is 11.8 Å². The highest BCUT2D eigenvalue weighted by Gasteiger charge is 2.33. The predicted octanol–water partition coefficient (Wildman–Crippen LogP) is 5.09. The van der Waals surface area contributed by atoms with Gasteiger partial charge in [0, 0.05) is 4.90 Å². The maximum Gasteiger partial charge on any atom is 0.417 e. The molecule has 0 bridgehead atoms. The number of ether oxygens (including phenoxy) is 1. The van der Waals surface area contributed by atoms with Gasteiger partial charge in [-0.3, -0.25) is 0 Å². The van der Waals surface area contributed by atoms with Crippen LogP contribution in [0.4, 0.5) is 13.2 Å². The Morgan fingerprint density at radius 1 is 1.05 bits per heavy atom. The standard InChI is InChI=1S/C15H10F3NOS/c1-21-13-5-2-11(3-6-13)20-12-4-7-14(15(16,17)18)10(8-12)9-19/h2-8H,1H3. The molecule has 0 unspecified atom stereocenters. The van der Waals surface area contributed by atoms with Gasteiger partial charge in [-0.1, -0.05) is 0 Å². The molecule has 2 aromatic carbocycles. The first-order chi connectivity index (χ1) is 9.94. The summed E-state index contributed by atoms with van der Waals surface area (Å²) in [5.41, 5.74) is -1.42. The molecule has 0 aliphatic carbocycles. The van der Waals surface area contributed by atoms with Gasteiger partial charge in [0.2, 0.25) is 0 Å². The van der Waals surface area contributed by atoms with Crippen molar-refractivity contribution < 1.29 is 17.9 Å². The first kappa shape index (κ1) is 15.3. The first-order valence-electron chi connectivity index (χ1n) is 5.87. The molecular weight excluding hydrogens is 299 g/mol. The molecular formula is C15H10F3NOS. The lowest BCUT2D eigenvalue weighted by molar-refractivity contribution is -0.137. The molecule has 108 valence electrons. The lowest BCUT2D eigenvalue weighted by Crippen LogP contribution is -2.07. The first-order valence-corrected chi connectivity index (χ1v) is 7.10. The molecule has 0 fully saturated rings. The van der Waals surface area contributed by atoms with Crippen LogP contribution in [0.15, 0.2) is 47.4 Å². The third-order valence-corrected chi connectivity index (χ3v) is 3.46. The minimum absolute atomic E-state index is 0.191. The number of nitrogens with zero attached hydrogens (tertiary/aromatic N) is 1. The van der Waals surface area contributed by atoms with Crippen molar-refractivity contribution in [1.29, 1.82) is 5.26 Å². The summed E-state index contributed by atoms with van der Waals surface area (Å²) in [7, 11) is 0. The molecule has 0 aromatic heterocycles. The van der Waals surface area contributed by atoms with Crippen LogP contribution in [-0.4, -0.2) is 6.26 Å². The van der Waals surface area contributed by atoms with Crippen molar-refractivity contribution in [1.82, 2.24) is 0 Å². The van der Waals surface area contributed by atoms with E-state index >= 15 is 0 Å².